The highest BCUT2D eigenvalue weighted by Crippen LogP contribution is 2.33. The number of halogens is 1. The van der Waals surface area contributed by atoms with Gasteiger partial charge in [-0.25, -0.2) is 0 Å². The topological polar surface area (TPSA) is 69.0 Å². The van der Waals surface area contributed by atoms with Gasteiger partial charge in [-0.1, -0.05) is 11.6 Å². The number of carbonyl (C=O) groups is 1. The van der Waals surface area contributed by atoms with Gasteiger partial charge in [0.15, 0.2) is 0 Å². The van der Waals surface area contributed by atoms with Crippen molar-refractivity contribution < 1.29 is 4.79 Å². The maximum absolute atomic E-state index is 11.4. The van der Waals surface area contributed by atoms with Crippen LogP contribution < -0.4 is 10.2 Å². The fraction of sp³-hybridized carbons (Fsp3) is 0.312. The summed E-state index contributed by atoms with van der Waals surface area (Å²) in [5.74, 6) is -0.0436. The molecule has 1 amide bonds. The van der Waals surface area contributed by atoms with Crippen LogP contribution in [0.25, 0.3) is 10.9 Å². The highest BCUT2D eigenvalue weighted by atomic mass is 35.5. The molecule has 0 aliphatic rings. The number of anilines is 1. The fourth-order valence-electron chi connectivity index (χ4n) is 2.38. The van der Waals surface area contributed by atoms with Crippen LogP contribution in [-0.4, -0.2) is 31.5 Å². The second kappa shape index (κ2) is 6.63. The van der Waals surface area contributed by atoms with Gasteiger partial charge in [0.1, 0.15) is 6.07 Å². The number of nitrogens with one attached hydrogen (secondary N) is 1. The molecule has 1 aromatic heterocycles. The van der Waals surface area contributed by atoms with E-state index in [4.69, 9.17) is 11.6 Å². The predicted molar refractivity (Wildman–Crippen MR) is 88.2 cm³/mol. The third-order valence-electron chi connectivity index (χ3n) is 3.50. The molecule has 0 saturated carbocycles. The van der Waals surface area contributed by atoms with E-state index in [1.807, 2.05) is 31.0 Å². The molecule has 2 rings (SSSR count). The molecule has 0 fully saturated rings. The Kier molecular flexibility index (Phi) is 4.84. The highest BCUT2D eigenvalue weighted by molar-refractivity contribution is 6.35. The molecule has 0 aliphatic heterocycles. The van der Waals surface area contributed by atoms with Gasteiger partial charge in [-0.2, -0.15) is 5.26 Å². The molecule has 0 radical (unpaired) electrons. The van der Waals surface area contributed by atoms with Crippen LogP contribution in [0.4, 0.5) is 5.69 Å². The molecule has 0 aliphatic carbocycles. The first-order valence-electron chi connectivity index (χ1n) is 6.88. The zero-order valence-electron chi connectivity index (χ0n) is 12.8. The molecule has 1 aromatic carbocycles. The summed E-state index contributed by atoms with van der Waals surface area (Å²) in [6.45, 7) is 2.44. The van der Waals surface area contributed by atoms with Crippen LogP contribution in [0, 0.1) is 18.3 Å². The van der Waals surface area contributed by atoms with Crippen LogP contribution in [0.1, 0.15) is 17.5 Å². The zero-order valence-corrected chi connectivity index (χ0v) is 13.5. The Morgan fingerprint density at radius 2 is 2.23 bits per heavy atom. The lowest BCUT2D eigenvalue weighted by Gasteiger charge is -2.22. The van der Waals surface area contributed by atoms with Gasteiger partial charge in [0.25, 0.3) is 0 Å². The Balaban J connectivity index is 2.54. The van der Waals surface area contributed by atoms with E-state index in [9.17, 15) is 10.1 Å². The number of rotatable bonds is 4. The predicted octanol–water partition coefficient (Wildman–Crippen LogP) is 2.64. The van der Waals surface area contributed by atoms with Crippen molar-refractivity contribution in [2.45, 2.75) is 13.3 Å². The first-order chi connectivity index (χ1) is 10.5. The number of benzene rings is 1. The van der Waals surface area contributed by atoms with E-state index in [0.717, 1.165) is 16.6 Å². The number of fused-ring (bicyclic) bond motifs is 1. The monoisotopic (exact) mass is 316 g/mol. The Morgan fingerprint density at radius 3 is 2.86 bits per heavy atom. The summed E-state index contributed by atoms with van der Waals surface area (Å²) in [6, 6.07) is 5.96. The van der Waals surface area contributed by atoms with Gasteiger partial charge in [-0.05, 0) is 24.6 Å². The maximum Gasteiger partial charge on any atom is 0.221 e. The third-order valence-corrected chi connectivity index (χ3v) is 3.78. The minimum absolute atomic E-state index is 0.0436. The lowest BCUT2D eigenvalue weighted by atomic mass is 10.1. The number of amides is 1. The first kappa shape index (κ1) is 16.1. The molecule has 0 saturated heterocycles. The van der Waals surface area contributed by atoms with Gasteiger partial charge in [-0.3, -0.25) is 9.78 Å². The van der Waals surface area contributed by atoms with Crippen LogP contribution in [0.5, 0.6) is 0 Å². The molecule has 22 heavy (non-hydrogen) atoms. The molecule has 1 heterocycles. The van der Waals surface area contributed by atoms with Gasteiger partial charge in [0.05, 0.1) is 21.8 Å². The molecule has 0 unspecified atom stereocenters. The molecule has 6 heteroatoms. The summed E-state index contributed by atoms with van der Waals surface area (Å²) in [6.07, 6.45) is 1.87. The van der Waals surface area contributed by atoms with E-state index < -0.39 is 0 Å². The lowest BCUT2D eigenvalue weighted by molar-refractivity contribution is -0.120. The normalized spacial score (nSPS) is 10.3. The maximum atomic E-state index is 11.4. The third kappa shape index (κ3) is 3.12. The number of aromatic nitrogens is 1. The molecule has 1 N–H and O–H groups in total. The van der Waals surface area contributed by atoms with Gasteiger partial charge in [-0.15, -0.1) is 0 Å². The van der Waals surface area contributed by atoms with E-state index in [2.05, 4.69) is 16.4 Å². The molecule has 2 aromatic rings. The van der Waals surface area contributed by atoms with E-state index in [1.165, 1.54) is 6.20 Å². The Hall–Kier alpha value is -2.32. The number of aryl methyl sites for hydroxylation is 1. The quantitative estimate of drug-likeness (QED) is 0.941. The van der Waals surface area contributed by atoms with Gasteiger partial charge < -0.3 is 10.2 Å². The zero-order chi connectivity index (χ0) is 16.3. The second-order valence-corrected chi connectivity index (χ2v) is 5.53. The number of hydrogen-bond donors (Lipinski definition) is 1. The summed E-state index contributed by atoms with van der Waals surface area (Å²) < 4.78 is 0. The van der Waals surface area contributed by atoms with Crippen LogP contribution in [-0.2, 0) is 4.79 Å². The first-order valence-corrected chi connectivity index (χ1v) is 7.26. The number of nitriles is 1. The Bertz CT molecular complexity index is 767. The standard InChI is InChI=1S/C16H17ClN4O/c1-10-6-12-15(13(17)7-10)20-9-11(8-18)16(12)21(3)5-4-14(22)19-2/h6-7,9H,4-5H2,1-3H3,(H,19,22). The summed E-state index contributed by atoms with van der Waals surface area (Å²) in [7, 11) is 3.46. The van der Waals surface area contributed by atoms with Gasteiger partial charge in [0.2, 0.25) is 5.91 Å². The van der Waals surface area contributed by atoms with Crippen LogP contribution in [0.3, 0.4) is 0 Å². The fourth-order valence-corrected chi connectivity index (χ4v) is 2.70. The smallest absolute Gasteiger partial charge is 0.221 e. The average Bonchev–Trinajstić information content (AvgIpc) is 2.50. The van der Waals surface area contributed by atoms with E-state index >= 15 is 0 Å². The van der Waals surface area contributed by atoms with Crippen molar-refractivity contribution in [3.8, 4) is 6.07 Å². The summed E-state index contributed by atoms with van der Waals surface area (Å²) in [5.41, 5.74) is 2.87. The molecule has 0 spiro atoms. The molecule has 0 bridgehead atoms. The number of pyridine rings is 1. The SMILES string of the molecule is CNC(=O)CCN(C)c1c(C#N)cnc2c(Cl)cc(C)cc12. The minimum atomic E-state index is -0.0436. The van der Waals surface area contributed by atoms with Crippen molar-refractivity contribution in [2.75, 3.05) is 25.5 Å². The molecule has 0 atom stereocenters. The van der Waals surface area contributed by atoms with Gasteiger partial charge in [0, 0.05) is 38.6 Å². The summed E-state index contributed by atoms with van der Waals surface area (Å²) in [4.78, 5) is 17.6. The van der Waals surface area contributed by atoms with Crippen LogP contribution in [0.15, 0.2) is 18.3 Å². The van der Waals surface area contributed by atoms with E-state index in [-0.39, 0.29) is 5.91 Å². The number of carbonyl (C=O) groups excluding carboxylic acids is 1. The summed E-state index contributed by atoms with van der Waals surface area (Å²) >= 11 is 6.26. The molecule has 5 nitrogen and oxygen atoms in total. The highest BCUT2D eigenvalue weighted by Gasteiger charge is 2.16. The van der Waals surface area contributed by atoms with Crippen LogP contribution in [0.2, 0.25) is 5.02 Å². The Morgan fingerprint density at radius 1 is 1.50 bits per heavy atom. The van der Waals surface area contributed by atoms with Crippen molar-refractivity contribution in [1.29, 1.82) is 5.26 Å². The van der Waals surface area contributed by atoms with Crippen molar-refractivity contribution in [3.05, 3.63) is 34.5 Å². The largest absolute Gasteiger partial charge is 0.372 e. The van der Waals surface area contributed by atoms with Crippen molar-refractivity contribution in [2.24, 2.45) is 0 Å². The van der Waals surface area contributed by atoms with E-state index in [1.54, 1.807) is 7.05 Å². The summed E-state index contributed by atoms with van der Waals surface area (Å²) in [5, 5.41) is 13.3. The average molecular weight is 317 g/mol. The molecular formula is C16H17ClN4O. The second-order valence-electron chi connectivity index (χ2n) is 5.12. The molecule has 114 valence electrons. The van der Waals surface area contributed by atoms with Crippen molar-refractivity contribution >= 4 is 34.1 Å². The van der Waals surface area contributed by atoms with Crippen molar-refractivity contribution in [3.63, 3.8) is 0 Å². The Labute approximate surface area is 134 Å². The number of hydrogen-bond acceptors (Lipinski definition) is 4. The van der Waals surface area contributed by atoms with Crippen LogP contribution >= 0.6 is 11.6 Å². The molecular weight excluding hydrogens is 300 g/mol. The van der Waals surface area contributed by atoms with E-state index in [0.29, 0.717) is 29.1 Å². The number of nitrogens with zero attached hydrogens (tertiary/aromatic N) is 3. The van der Waals surface area contributed by atoms with Crippen molar-refractivity contribution in [1.82, 2.24) is 10.3 Å². The van der Waals surface area contributed by atoms with Gasteiger partial charge >= 0.3 is 0 Å². The minimum Gasteiger partial charge on any atom is -0.372 e. The lowest BCUT2D eigenvalue weighted by Crippen LogP contribution is -2.27.